The number of carbonyl (C=O) groups excluding carboxylic acids is 2. The standard InChI is InChI=1S/C20H23N3O3/c1-22-16(15-6-3-2-4-7-15)8-9-17(22)18(24)23-12-5-10-20(11-13-23)14-21-19(25)26-20/h2-4,6-9H,5,10-14H2,1H3,(H,21,25). The van der Waals surface area contributed by atoms with Gasteiger partial charge in [-0.1, -0.05) is 30.3 Å². The van der Waals surface area contributed by atoms with Crippen LogP contribution in [-0.2, 0) is 11.8 Å². The van der Waals surface area contributed by atoms with Crippen LogP contribution < -0.4 is 5.32 Å². The van der Waals surface area contributed by atoms with Crippen molar-refractivity contribution in [2.24, 2.45) is 7.05 Å². The minimum absolute atomic E-state index is 0.0315. The third kappa shape index (κ3) is 2.96. The normalized spacial score (nSPS) is 22.8. The van der Waals surface area contributed by atoms with Gasteiger partial charge in [-0.2, -0.15) is 0 Å². The first-order valence-corrected chi connectivity index (χ1v) is 9.05. The molecule has 3 heterocycles. The fourth-order valence-electron chi connectivity index (χ4n) is 3.94. The Morgan fingerprint density at radius 1 is 1.12 bits per heavy atom. The molecule has 2 aromatic rings. The lowest BCUT2D eigenvalue weighted by Gasteiger charge is -2.25. The number of carbonyl (C=O) groups is 2. The summed E-state index contributed by atoms with van der Waals surface area (Å²) in [6.45, 7) is 1.82. The summed E-state index contributed by atoms with van der Waals surface area (Å²) in [5.41, 5.74) is 2.35. The summed E-state index contributed by atoms with van der Waals surface area (Å²) >= 11 is 0. The lowest BCUT2D eigenvalue weighted by atomic mass is 9.95. The van der Waals surface area contributed by atoms with Gasteiger partial charge in [0.2, 0.25) is 0 Å². The fourth-order valence-corrected chi connectivity index (χ4v) is 3.94. The van der Waals surface area contributed by atoms with Crippen LogP contribution in [0.1, 0.15) is 29.8 Å². The van der Waals surface area contributed by atoms with Crippen molar-refractivity contribution in [2.45, 2.75) is 24.9 Å². The predicted octanol–water partition coefficient (Wildman–Crippen LogP) is 2.80. The summed E-state index contributed by atoms with van der Waals surface area (Å²) in [6.07, 6.45) is 1.95. The van der Waals surface area contributed by atoms with E-state index in [0.29, 0.717) is 31.7 Å². The molecule has 1 N–H and O–H groups in total. The Morgan fingerprint density at radius 3 is 2.65 bits per heavy atom. The van der Waals surface area contributed by atoms with Gasteiger partial charge in [-0.15, -0.1) is 0 Å². The van der Waals surface area contributed by atoms with Crippen LogP contribution in [0.5, 0.6) is 0 Å². The smallest absolute Gasteiger partial charge is 0.407 e. The lowest BCUT2D eigenvalue weighted by Crippen LogP contribution is -2.37. The highest BCUT2D eigenvalue weighted by Gasteiger charge is 2.42. The zero-order valence-corrected chi connectivity index (χ0v) is 14.9. The molecule has 0 saturated carbocycles. The van der Waals surface area contributed by atoms with Gasteiger partial charge >= 0.3 is 6.09 Å². The first kappa shape index (κ1) is 16.7. The second-order valence-corrected chi connectivity index (χ2v) is 7.10. The first-order valence-electron chi connectivity index (χ1n) is 9.05. The molecular weight excluding hydrogens is 330 g/mol. The number of alkyl carbamates (subject to hydrolysis) is 1. The Morgan fingerprint density at radius 2 is 1.92 bits per heavy atom. The zero-order valence-electron chi connectivity index (χ0n) is 14.9. The van der Waals surface area contributed by atoms with Crippen LogP contribution in [0, 0.1) is 0 Å². The Kier molecular flexibility index (Phi) is 4.18. The molecule has 6 heteroatoms. The van der Waals surface area contributed by atoms with E-state index in [1.54, 1.807) is 0 Å². The van der Waals surface area contributed by atoms with Gasteiger partial charge in [-0.25, -0.2) is 4.79 Å². The Hall–Kier alpha value is -2.76. The van der Waals surface area contributed by atoms with Crippen LogP contribution in [0.25, 0.3) is 11.3 Å². The molecular formula is C20H23N3O3. The van der Waals surface area contributed by atoms with Crippen molar-refractivity contribution in [3.63, 3.8) is 0 Å². The van der Waals surface area contributed by atoms with E-state index >= 15 is 0 Å². The van der Waals surface area contributed by atoms with Crippen molar-refractivity contribution in [1.82, 2.24) is 14.8 Å². The fraction of sp³-hybridized carbons (Fsp3) is 0.400. The summed E-state index contributed by atoms with van der Waals surface area (Å²) in [6, 6.07) is 13.9. The average Bonchev–Trinajstić information content (AvgIpc) is 3.13. The predicted molar refractivity (Wildman–Crippen MR) is 97.8 cm³/mol. The molecule has 4 rings (SSSR count). The molecule has 0 aliphatic carbocycles. The van der Waals surface area contributed by atoms with Crippen molar-refractivity contribution in [3.8, 4) is 11.3 Å². The van der Waals surface area contributed by atoms with E-state index in [0.717, 1.165) is 24.1 Å². The molecule has 1 unspecified atom stereocenters. The third-order valence-corrected chi connectivity index (χ3v) is 5.46. The van der Waals surface area contributed by atoms with Crippen molar-refractivity contribution < 1.29 is 14.3 Å². The van der Waals surface area contributed by atoms with Gasteiger partial charge in [0.25, 0.3) is 5.91 Å². The highest BCUT2D eigenvalue weighted by molar-refractivity contribution is 5.94. The Bertz CT molecular complexity index is 830. The number of nitrogens with one attached hydrogen (secondary N) is 1. The number of nitrogens with zero attached hydrogens (tertiary/aromatic N) is 2. The number of rotatable bonds is 2. The van der Waals surface area contributed by atoms with E-state index < -0.39 is 5.60 Å². The van der Waals surface area contributed by atoms with Crippen LogP contribution in [0.3, 0.4) is 0 Å². The molecule has 1 spiro atoms. The monoisotopic (exact) mass is 353 g/mol. The number of benzene rings is 1. The molecule has 1 aromatic carbocycles. The van der Waals surface area contributed by atoms with Crippen molar-refractivity contribution >= 4 is 12.0 Å². The van der Waals surface area contributed by atoms with Crippen LogP contribution in [0.2, 0.25) is 0 Å². The summed E-state index contributed by atoms with van der Waals surface area (Å²) < 4.78 is 7.45. The van der Waals surface area contributed by atoms with E-state index in [9.17, 15) is 9.59 Å². The first-order chi connectivity index (χ1) is 12.6. The van der Waals surface area contributed by atoms with Crippen molar-refractivity contribution in [2.75, 3.05) is 19.6 Å². The Balaban J connectivity index is 1.52. The lowest BCUT2D eigenvalue weighted by molar-refractivity contribution is 0.0438. The summed E-state index contributed by atoms with van der Waals surface area (Å²) in [4.78, 5) is 26.4. The van der Waals surface area contributed by atoms with E-state index in [-0.39, 0.29) is 12.0 Å². The third-order valence-electron chi connectivity index (χ3n) is 5.46. The molecule has 2 fully saturated rings. The second-order valence-electron chi connectivity index (χ2n) is 7.10. The van der Waals surface area contributed by atoms with Gasteiger partial charge in [0.1, 0.15) is 11.3 Å². The molecule has 26 heavy (non-hydrogen) atoms. The summed E-state index contributed by atoms with van der Waals surface area (Å²) in [5, 5.41) is 2.75. The van der Waals surface area contributed by atoms with E-state index in [2.05, 4.69) is 5.32 Å². The largest absolute Gasteiger partial charge is 0.441 e. The molecule has 136 valence electrons. The van der Waals surface area contributed by atoms with Gasteiger partial charge in [0, 0.05) is 32.3 Å². The minimum Gasteiger partial charge on any atom is -0.441 e. The molecule has 1 aromatic heterocycles. The van der Waals surface area contributed by atoms with Gasteiger partial charge in [-0.3, -0.25) is 4.79 Å². The molecule has 2 aliphatic rings. The van der Waals surface area contributed by atoms with Gasteiger partial charge in [-0.05, 0) is 30.5 Å². The maximum Gasteiger partial charge on any atom is 0.407 e. The summed E-state index contributed by atoms with van der Waals surface area (Å²) in [7, 11) is 1.93. The zero-order chi connectivity index (χ0) is 18.1. The number of aromatic nitrogens is 1. The molecule has 2 amide bonds. The van der Waals surface area contributed by atoms with Crippen LogP contribution in [0.15, 0.2) is 42.5 Å². The molecule has 2 aliphatic heterocycles. The number of likely N-dealkylation sites (tertiary alicyclic amines) is 1. The quantitative estimate of drug-likeness (QED) is 0.903. The molecule has 2 saturated heterocycles. The van der Waals surface area contributed by atoms with Crippen LogP contribution in [0.4, 0.5) is 4.79 Å². The Labute approximate surface area is 152 Å². The summed E-state index contributed by atoms with van der Waals surface area (Å²) in [5.74, 6) is 0.0315. The molecule has 0 radical (unpaired) electrons. The van der Waals surface area contributed by atoms with E-state index in [1.165, 1.54) is 0 Å². The topological polar surface area (TPSA) is 63.6 Å². The number of ether oxygens (including phenoxy) is 1. The van der Waals surface area contributed by atoms with Gasteiger partial charge in [0.15, 0.2) is 0 Å². The molecule has 0 bridgehead atoms. The minimum atomic E-state index is -0.449. The van der Waals surface area contributed by atoms with Gasteiger partial charge in [0.05, 0.1) is 6.54 Å². The average molecular weight is 353 g/mol. The number of hydrogen-bond donors (Lipinski definition) is 1. The SMILES string of the molecule is Cn1c(C(=O)N2CCCC3(CC2)CNC(=O)O3)ccc1-c1ccccc1. The van der Waals surface area contributed by atoms with Crippen molar-refractivity contribution in [1.29, 1.82) is 0 Å². The highest BCUT2D eigenvalue weighted by Crippen LogP contribution is 2.30. The van der Waals surface area contributed by atoms with Crippen LogP contribution >= 0.6 is 0 Å². The van der Waals surface area contributed by atoms with Crippen molar-refractivity contribution in [3.05, 3.63) is 48.2 Å². The molecule has 1 atom stereocenters. The van der Waals surface area contributed by atoms with Crippen LogP contribution in [-0.4, -0.2) is 46.7 Å². The second kappa shape index (κ2) is 6.52. The maximum absolute atomic E-state index is 13.1. The van der Waals surface area contributed by atoms with E-state index in [1.807, 2.05) is 59.0 Å². The number of amides is 2. The maximum atomic E-state index is 13.1. The molecule has 6 nitrogen and oxygen atoms in total. The van der Waals surface area contributed by atoms with E-state index in [4.69, 9.17) is 4.74 Å². The van der Waals surface area contributed by atoms with Gasteiger partial charge < -0.3 is 19.5 Å². The number of hydrogen-bond acceptors (Lipinski definition) is 3. The highest BCUT2D eigenvalue weighted by atomic mass is 16.6.